The second kappa shape index (κ2) is 5.03. The number of halogens is 1. The minimum atomic E-state index is -0.921. The van der Waals surface area contributed by atoms with Crippen LogP contribution in [-0.4, -0.2) is 25.7 Å². The molecule has 0 heterocycles. The molecule has 1 aromatic carbocycles. The molecule has 0 aliphatic rings. The van der Waals surface area contributed by atoms with E-state index in [1.807, 2.05) is 0 Å². The van der Waals surface area contributed by atoms with E-state index in [4.69, 9.17) is 4.74 Å². The third kappa shape index (κ3) is 3.09. The molecule has 17 heavy (non-hydrogen) atoms. The molecule has 1 aromatic rings. The van der Waals surface area contributed by atoms with Crippen molar-refractivity contribution in [2.75, 3.05) is 19.5 Å². The van der Waals surface area contributed by atoms with E-state index in [-0.39, 0.29) is 5.75 Å². The van der Waals surface area contributed by atoms with Gasteiger partial charge in [-0.1, -0.05) is 0 Å². The van der Waals surface area contributed by atoms with Crippen molar-refractivity contribution in [1.82, 2.24) is 0 Å². The van der Waals surface area contributed by atoms with Gasteiger partial charge in [-0.2, -0.15) is 0 Å². The van der Waals surface area contributed by atoms with Crippen LogP contribution >= 0.6 is 0 Å². The predicted octanol–water partition coefficient (Wildman–Crippen LogP) is 2.20. The molecule has 0 saturated carbocycles. The molecule has 0 aromatic heterocycles. The smallest absolute Gasteiger partial charge is 0.330 e. The highest BCUT2D eigenvalue weighted by Gasteiger charge is 2.28. The fourth-order valence-electron chi connectivity index (χ4n) is 1.41. The summed E-state index contributed by atoms with van der Waals surface area (Å²) in [4.78, 5) is 11.4. The van der Waals surface area contributed by atoms with Gasteiger partial charge in [-0.25, -0.2) is 9.18 Å². The van der Waals surface area contributed by atoms with Crippen LogP contribution in [0.4, 0.5) is 10.1 Å². The second-order valence-corrected chi connectivity index (χ2v) is 4.09. The van der Waals surface area contributed by atoms with Crippen molar-refractivity contribution in [2.45, 2.75) is 19.4 Å². The van der Waals surface area contributed by atoms with Gasteiger partial charge in [-0.15, -0.1) is 0 Å². The molecule has 0 unspecified atom stereocenters. The Balaban J connectivity index is 2.89. The Hall–Kier alpha value is -1.78. The van der Waals surface area contributed by atoms with Crippen LogP contribution < -0.4 is 10.1 Å². The molecular formula is C12H16FNO3. The maximum Gasteiger partial charge on any atom is 0.330 e. The van der Waals surface area contributed by atoms with E-state index < -0.39 is 17.3 Å². The molecule has 0 aliphatic carbocycles. The number of esters is 1. The minimum Gasteiger partial charge on any atom is -0.494 e. The fourth-order valence-corrected chi connectivity index (χ4v) is 1.41. The lowest BCUT2D eigenvalue weighted by Gasteiger charge is -2.24. The van der Waals surface area contributed by atoms with E-state index >= 15 is 0 Å². The van der Waals surface area contributed by atoms with Gasteiger partial charge in [0.25, 0.3) is 0 Å². The number of carbonyl (C=O) groups is 1. The van der Waals surface area contributed by atoms with E-state index in [2.05, 4.69) is 10.1 Å². The summed E-state index contributed by atoms with van der Waals surface area (Å²) in [5, 5.41) is 2.89. The van der Waals surface area contributed by atoms with Gasteiger partial charge >= 0.3 is 5.97 Å². The lowest BCUT2D eigenvalue weighted by molar-refractivity contribution is -0.144. The van der Waals surface area contributed by atoms with Crippen molar-refractivity contribution in [3.8, 4) is 5.75 Å². The third-order valence-corrected chi connectivity index (χ3v) is 2.30. The lowest BCUT2D eigenvalue weighted by Crippen LogP contribution is -2.41. The first kappa shape index (κ1) is 13.3. The van der Waals surface area contributed by atoms with Crippen molar-refractivity contribution in [3.05, 3.63) is 24.0 Å². The molecule has 1 rings (SSSR count). The monoisotopic (exact) mass is 241 g/mol. The first-order chi connectivity index (χ1) is 7.90. The van der Waals surface area contributed by atoms with E-state index in [0.29, 0.717) is 5.69 Å². The summed E-state index contributed by atoms with van der Waals surface area (Å²) in [5.41, 5.74) is -0.436. The van der Waals surface area contributed by atoms with Gasteiger partial charge in [-0.3, -0.25) is 0 Å². The standard InChI is InChI=1S/C12H16FNO3/c1-12(2,11(15)17-4)14-8-5-6-10(16-3)9(13)7-8/h5-7,14H,1-4H3. The van der Waals surface area contributed by atoms with Crippen molar-refractivity contribution >= 4 is 11.7 Å². The fraction of sp³-hybridized carbons (Fsp3) is 0.417. The number of carbonyl (C=O) groups excluding carboxylic acids is 1. The van der Waals surface area contributed by atoms with E-state index in [9.17, 15) is 9.18 Å². The summed E-state index contributed by atoms with van der Waals surface area (Å²) in [6.07, 6.45) is 0. The number of benzene rings is 1. The summed E-state index contributed by atoms with van der Waals surface area (Å²) in [5.74, 6) is -0.752. The number of ether oxygens (including phenoxy) is 2. The van der Waals surface area contributed by atoms with E-state index in [1.54, 1.807) is 19.9 Å². The molecule has 0 bridgehead atoms. The highest BCUT2D eigenvalue weighted by molar-refractivity contribution is 5.83. The normalized spacial score (nSPS) is 10.9. The zero-order chi connectivity index (χ0) is 13.1. The summed E-state index contributed by atoms with van der Waals surface area (Å²) in [6.45, 7) is 3.31. The maximum atomic E-state index is 13.4. The molecule has 1 N–H and O–H groups in total. The molecule has 94 valence electrons. The van der Waals surface area contributed by atoms with Gasteiger partial charge in [-0.05, 0) is 26.0 Å². The van der Waals surface area contributed by atoms with Gasteiger partial charge in [0, 0.05) is 11.8 Å². The van der Waals surface area contributed by atoms with Gasteiger partial charge in [0.05, 0.1) is 14.2 Å². The lowest BCUT2D eigenvalue weighted by atomic mass is 10.1. The number of nitrogens with one attached hydrogen (secondary N) is 1. The van der Waals surface area contributed by atoms with Crippen LogP contribution in [0, 0.1) is 5.82 Å². The first-order valence-corrected chi connectivity index (χ1v) is 5.11. The Bertz CT molecular complexity index is 418. The van der Waals surface area contributed by atoms with Crippen LogP contribution in [0.25, 0.3) is 0 Å². The number of hydrogen-bond donors (Lipinski definition) is 1. The van der Waals surface area contributed by atoms with Crippen LogP contribution in [0.3, 0.4) is 0 Å². The zero-order valence-corrected chi connectivity index (χ0v) is 10.3. The Labute approximate surface area is 99.7 Å². The van der Waals surface area contributed by atoms with Crippen molar-refractivity contribution in [2.24, 2.45) is 0 Å². The summed E-state index contributed by atoms with van der Waals surface area (Å²) in [6, 6.07) is 4.39. The average Bonchev–Trinajstić information content (AvgIpc) is 2.27. The molecule has 4 nitrogen and oxygen atoms in total. The molecule has 0 radical (unpaired) electrons. The SMILES string of the molecule is COC(=O)C(C)(C)Nc1ccc(OC)c(F)c1. The van der Waals surface area contributed by atoms with Crippen LogP contribution in [0.15, 0.2) is 18.2 Å². The second-order valence-electron chi connectivity index (χ2n) is 4.09. The average molecular weight is 241 g/mol. The van der Waals surface area contributed by atoms with Gasteiger partial charge in [0.15, 0.2) is 11.6 Å². The molecular weight excluding hydrogens is 225 g/mol. The molecule has 0 amide bonds. The number of methoxy groups -OCH3 is 2. The zero-order valence-electron chi connectivity index (χ0n) is 10.3. The predicted molar refractivity (Wildman–Crippen MR) is 62.7 cm³/mol. The highest BCUT2D eigenvalue weighted by Crippen LogP contribution is 2.23. The maximum absolute atomic E-state index is 13.4. The van der Waals surface area contributed by atoms with E-state index in [0.717, 1.165) is 0 Å². The first-order valence-electron chi connectivity index (χ1n) is 5.11. The molecule has 0 aliphatic heterocycles. The van der Waals surface area contributed by atoms with E-state index in [1.165, 1.54) is 26.4 Å². The third-order valence-electron chi connectivity index (χ3n) is 2.30. The van der Waals surface area contributed by atoms with Crippen molar-refractivity contribution in [1.29, 1.82) is 0 Å². The largest absolute Gasteiger partial charge is 0.494 e. The summed E-state index contributed by atoms with van der Waals surface area (Å²) >= 11 is 0. The Kier molecular flexibility index (Phi) is 3.93. The topological polar surface area (TPSA) is 47.6 Å². The van der Waals surface area contributed by atoms with Crippen molar-refractivity contribution in [3.63, 3.8) is 0 Å². The van der Waals surface area contributed by atoms with Gasteiger partial charge in [0.1, 0.15) is 5.54 Å². The van der Waals surface area contributed by atoms with Crippen LogP contribution in [0.2, 0.25) is 0 Å². The van der Waals surface area contributed by atoms with Crippen LogP contribution in [0.5, 0.6) is 5.75 Å². The van der Waals surface area contributed by atoms with Gasteiger partial charge < -0.3 is 14.8 Å². The summed E-state index contributed by atoms with van der Waals surface area (Å²) < 4.78 is 22.9. The number of hydrogen-bond acceptors (Lipinski definition) is 4. The minimum absolute atomic E-state index is 0.159. The molecule has 0 saturated heterocycles. The molecule has 0 spiro atoms. The number of anilines is 1. The molecule has 0 atom stereocenters. The molecule has 0 fully saturated rings. The Morgan fingerprint density at radius 2 is 2.00 bits per heavy atom. The quantitative estimate of drug-likeness (QED) is 0.821. The van der Waals surface area contributed by atoms with Crippen LogP contribution in [-0.2, 0) is 9.53 Å². The summed E-state index contributed by atoms with van der Waals surface area (Å²) in [7, 11) is 2.70. The number of rotatable bonds is 4. The Morgan fingerprint density at radius 1 is 1.35 bits per heavy atom. The van der Waals surface area contributed by atoms with Crippen molar-refractivity contribution < 1.29 is 18.7 Å². The Morgan fingerprint density at radius 3 is 2.47 bits per heavy atom. The highest BCUT2D eigenvalue weighted by atomic mass is 19.1. The van der Waals surface area contributed by atoms with Gasteiger partial charge in [0.2, 0.25) is 0 Å². The van der Waals surface area contributed by atoms with Crippen LogP contribution in [0.1, 0.15) is 13.8 Å². The molecule has 5 heteroatoms.